The van der Waals surface area contributed by atoms with Gasteiger partial charge < -0.3 is 9.80 Å². The Morgan fingerprint density at radius 3 is 2.73 bits per heavy atom. The van der Waals surface area contributed by atoms with E-state index >= 15 is 0 Å². The van der Waals surface area contributed by atoms with E-state index in [0.29, 0.717) is 0 Å². The number of aromatic nitrogens is 4. The third-order valence-corrected chi connectivity index (χ3v) is 5.17. The highest BCUT2D eigenvalue weighted by molar-refractivity contribution is 7.13. The fourth-order valence-corrected chi connectivity index (χ4v) is 3.70. The molecule has 0 unspecified atom stereocenters. The number of likely N-dealkylation sites (N-methyl/N-ethyl adjacent to an activating group) is 1. The Labute approximate surface area is 133 Å². The first-order valence-corrected chi connectivity index (χ1v) is 8.28. The first-order valence-electron chi connectivity index (χ1n) is 7.40. The van der Waals surface area contributed by atoms with Crippen LogP contribution in [0.2, 0.25) is 0 Å². The number of anilines is 1. The molecule has 114 valence electrons. The average molecular weight is 314 g/mol. The van der Waals surface area contributed by atoms with E-state index in [2.05, 4.69) is 45.4 Å². The van der Waals surface area contributed by atoms with E-state index in [1.807, 2.05) is 10.6 Å². The smallest absolute Gasteiger partial charge is 0.204 e. The number of aryl methyl sites for hydroxylation is 1. The van der Waals surface area contributed by atoms with Crippen molar-refractivity contribution in [2.75, 3.05) is 38.1 Å². The molecule has 0 spiro atoms. The number of thiophene rings is 1. The van der Waals surface area contributed by atoms with Crippen LogP contribution in [-0.4, -0.2) is 57.7 Å². The minimum atomic E-state index is 0.841. The summed E-state index contributed by atoms with van der Waals surface area (Å²) < 4.78 is 2.05. The number of fused-ring (bicyclic) bond motifs is 1. The lowest BCUT2D eigenvalue weighted by atomic mass is 10.3. The molecule has 1 saturated heterocycles. The second kappa shape index (κ2) is 5.33. The predicted molar refractivity (Wildman–Crippen MR) is 88.5 cm³/mol. The van der Waals surface area contributed by atoms with Crippen molar-refractivity contribution in [2.24, 2.45) is 0 Å². The van der Waals surface area contributed by atoms with Crippen molar-refractivity contribution >= 4 is 22.8 Å². The lowest BCUT2D eigenvalue weighted by Crippen LogP contribution is -2.45. The van der Waals surface area contributed by atoms with Crippen molar-refractivity contribution in [2.45, 2.75) is 6.92 Å². The molecule has 4 rings (SSSR count). The molecular formula is C15H18N6S. The van der Waals surface area contributed by atoms with Crippen LogP contribution < -0.4 is 4.90 Å². The van der Waals surface area contributed by atoms with Crippen LogP contribution in [0.3, 0.4) is 0 Å². The summed E-state index contributed by atoms with van der Waals surface area (Å²) in [5.41, 5.74) is 3.16. The molecule has 0 aromatic carbocycles. The van der Waals surface area contributed by atoms with Gasteiger partial charge in [-0.3, -0.25) is 4.40 Å². The minimum absolute atomic E-state index is 0.841. The van der Waals surface area contributed by atoms with Crippen LogP contribution >= 0.6 is 11.3 Å². The Balaban J connectivity index is 1.78. The molecule has 0 radical (unpaired) electrons. The van der Waals surface area contributed by atoms with Crippen molar-refractivity contribution in [3.8, 4) is 10.6 Å². The first kappa shape index (κ1) is 13.7. The van der Waals surface area contributed by atoms with Crippen LogP contribution in [0.4, 0.5) is 5.82 Å². The van der Waals surface area contributed by atoms with Gasteiger partial charge in [0.25, 0.3) is 0 Å². The highest BCUT2D eigenvalue weighted by atomic mass is 32.1. The van der Waals surface area contributed by atoms with Crippen LogP contribution in [0, 0.1) is 6.92 Å². The largest absolute Gasteiger partial charge is 0.351 e. The Hall–Kier alpha value is -1.99. The maximum absolute atomic E-state index is 4.70. The maximum Gasteiger partial charge on any atom is 0.204 e. The van der Waals surface area contributed by atoms with Gasteiger partial charge in [0, 0.05) is 26.2 Å². The highest BCUT2D eigenvalue weighted by Crippen LogP contribution is 2.29. The normalized spacial score (nSPS) is 16.5. The monoisotopic (exact) mass is 314 g/mol. The predicted octanol–water partition coefficient (Wildman–Crippen LogP) is 1.91. The van der Waals surface area contributed by atoms with E-state index in [0.717, 1.165) is 43.3 Å². The Kier molecular flexibility index (Phi) is 3.31. The van der Waals surface area contributed by atoms with Gasteiger partial charge in [0.2, 0.25) is 5.65 Å². The van der Waals surface area contributed by atoms with E-state index < -0.39 is 0 Å². The molecule has 3 aromatic heterocycles. The standard InChI is InChI=1S/C15H18N6S/c1-11-7-13(22-9-11)12-8-16-14(15-18-17-10-21(12)15)20-5-3-19(2)4-6-20/h7-10H,3-6H2,1-2H3. The van der Waals surface area contributed by atoms with Gasteiger partial charge in [0.05, 0.1) is 16.8 Å². The third-order valence-electron chi connectivity index (χ3n) is 4.10. The van der Waals surface area contributed by atoms with E-state index in [1.165, 1.54) is 10.4 Å². The molecule has 0 aliphatic carbocycles. The van der Waals surface area contributed by atoms with Gasteiger partial charge in [-0.1, -0.05) is 0 Å². The molecule has 0 saturated carbocycles. The number of piperazine rings is 1. The molecule has 7 heteroatoms. The van der Waals surface area contributed by atoms with E-state index in [9.17, 15) is 0 Å². The molecular weight excluding hydrogens is 296 g/mol. The molecule has 1 aliphatic heterocycles. The first-order chi connectivity index (χ1) is 10.7. The summed E-state index contributed by atoms with van der Waals surface area (Å²) in [6.07, 6.45) is 3.72. The SMILES string of the molecule is Cc1csc(-c2cnc(N3CCN(C)CC3)c3nncn23)c1. The molecule has 3 aromatic rings. The van der Waals surface area contributed by atoms with Gasteiger partial charge in [-0.25, -0.2) is 4.98 Å². The Morgan fingerprint density at radius 2 is 2.00 bits per heavy atom. The summed E-state index contributed by atoms with van der Waals surface area (Å²) in [6, 6.07) is 2.18. The average Bonchev–Trinajstić information content (AvgIpc) is 3.16. The molecule has 6 nitrogen and oxygen atoms in total. The zero-order valence-corrected chi connectivity index (χ0v) is 13.5. The summed E-state index contributed by atoms with van der Waals surface area (Å²) >= 11 is 1.73. The van der Waals surface area contributed by atoms with Crippen LogP contribution in [0.5, 0.6) is 0 Å². The van der Waals surface area contributed by atoms with Gasteiger partial charge in [0.1, 0.15) is 6.33 Å². The fraction of sp³-hybridized carbons (Fsp3) is 0.400. The van der Waals surface area contributed by atoms with Crippen molar-refractivity contribution in [3.63, 3.8) is 0 Å². The molecule has 0 amide bonds. The number of hydrogen-bond acceptors (Lipinski definition) is 6. The Morgan fingerprint density at radius 1 is 1.18 bits per heavy atom. The van der Waals surface area contributed by atoms with Gasteiger partial charge in [-0.2, -0.15) is 0 Å². The molecule has 0 atom stereocenters. The lowest BCUT2D eigenvalue weighted by Gasteiger charge is -2.33. The number of hydrogen-bond donors (Lipinski definition) is 0. The topological polar surface area (TPSA) is 49.6 Å². The van der Waals surface area contributed by atoms with E-state index in [1.54, 1.807) is 17.7 Å². The second-order valence-corrected chi connectivity index (χ2v) is 6.68. The summed E-state index contributed by atoms with van der Waals surface area (Å²) in [5, 5.41) is 10.6. The van der Waals surface area contributed by atoms with E-state index in [4.69, 9.17) is 4.98 Å². The fourth-order valence-electron chi connectivity index (χ4n) is 2.80. The molecule has 22 heavy (non-hydrogen) atoms. The van der Waals surface area contributed by atoms with Gasteiger partial charge in [0.15, 0.2) is 5.82 Å². The summed E-state index contributed by atoms with van der Waals surface area (Å²) in [4.78, 5) is 10.5. The highest BCUT2D eigenvalue weighted by Gasteiger charge is 2.20. The van der Waals surface area contributed by atoms with Gasteiger partial charge in [-0.05, 0) is 31.0 Å². The van der Waals surface area contributed by atoms with Crippen molar-refractivity contribution in [3.05, 3.63) is 29.5 Å². The zero-order chi connectivity index (χ0) is 15.1. The van der Waals surface area contributed by atoms with Crippen molar-refractivity contribution in [1.82, 2.24) is 24.5 Å². The molecule has 4 heterocycles. The summed E-state index contributed by atoms with van der Waals surface area (Å²) in [5.74, 6) is 0.933. The zero-order valence-electron chi connectivity index (χ0n) is 12.7. The second-order valence-electron chi connectivity index (χ2n) is 5.77. The van der Waals surface area contributed by atoms with Crippen LogP contribution in [0.1, 0.15) is 5.56 Å². The minimum Gasteiger partial charge on any atom is -0.351 e. The van der Waals surface area contributed by atoms with E-state index in [-0.39, 0.29) is 0 Å². The van der Waals surface area contributed by atoms with Crippen molar-refractivity contribution in [1.29, 1.82) is 0 Å². The summed E-state index contributed by atoms with van der Waals surface area (Å²) in [7, 11) is 2.15. The maximum atomic E-state index is 4.70. The number of nitrogens with zero attached hydrogens (tertiary/aromatic N) is 6. The van der Waals surface area contributed by atoms with Gasteiger partial charge >= 0.3 is 0 Å². The van der Waals surface area contributed by atoms with Crippen LogP contribution in [0.25, 0.3) is 16.2 Å². The number of rotatable bonds is 2. The molecule has 1 aliphatic rings. The molecule has 0 bridgehead atoms. The molecule has 0 N–H and O–H groups in total. The Bertz CT molecular complexity index is 799. The lowest BCUT2D eigenvalue weighted by molar-refractivity contribution is 0.312. The molecule has 1 fully saturated rings. The quantitative estimate of drug-likeness (QED) is 0.723. The van der Waals surface area contributed by atoms with Gasteiger partial charge in [-0.15, -0.1) is 21.5 Å². The van der Waals surface area contributed by atoms with Crippen LogP contribution in [-0.2, 0) is 0 Å². The van der Waals surface area contributed by atoms with Crippen molar-refractivity contribution < 1.29 is 0 Å². The third kappa shape index (κ3) is 2.26. The van der Waals surface area contributed by atoms with Crippen LogP contribution in [0.15, 0.2) is 24.0 Å². The summed E-state index contributed by atoms with van der Waals surface area (Å²) in [6.45, 7) is 6.16.